The molecule has 1 aliphatic carbocycles. The minimum Gasteiger partial charge on any atom is -0.490 e. The summed E-state index contributed by atoms with van der Waals surface area (Å²) in [5, 5.41) is 3.05. The molecule has 0 atom stereocenters. The van der Waals surface area contributed by atoms with Crippen molar-refractivity contribution in [3.05, 3.63) is 36.2 Å². The van der Waals surface area contributed by atoms with Gasteiger partial charge in [0, 0.05) is 18.7 Å². The van der Waals surface area contributed by atoms with Crippen LogP contribution in [0.25, 0.3) is 11.3 Å². The SMILES string of the molecule is CNc1cc(-c2ccc(OC3CC3)cc2)nc(C)n1. The second kappa shape index (κ2) is 4.88. The number of benzene rings is 1. The summed E-state index contributed by atoms with van der Waals surface area (Å²) in [6, 6.07) is 10.0. The van der Waals surface area contributed by atoms with E-state index < -0.39 is 0 Å². The molecule has 4 nitrogen and oxygen atoms in total. The Kier molecular flexibility index (Phi) is 3.07. The first kappa shape index (κ1) is 12.0. The summed E-state index contributed by atoms with van der Waals surface area (Å²) in [7, 11) is 1.86. The van der Waals surface area contributed by atoms with Crippen LogP contribution in [0.4, 0.5) is 5.82 Å². The van der Waals surface area contributed by atoms with Crippen LogP contribution in [-0.4, -0.2) is 23.1 Å². The fraction of sp³-hybridized carbons (Fsp3) is 0.333. The lowest BCUT2D eigenvalue weighted by Crippen LogP contribution is -1.98. The molecular formula is C15H17N3O. The van der Waals surface area contributed by atoms with Gasteiger partial charge in [-0.3, -0.25) is 0 Å². The molecule has 0 bridgehead atoms. The van der Waals surface area contributed by atoms with Crippen LogP contribution >= 0.6 is 0 Å². The van der Waals surface area contributed by atoms with Gasteiger partial charge in [0.1, 0.15) is 17.4 Å². The van der Waals surface area contributed by atoms with Crippen LogP contribution in [0, 0.1) is 6.92 Å². The van der Waals surface area contributed by atoms with Gasteiger partial charge in [0.15, 0.2) is 0 Å². The number of hydrogen-bond acceptors (Lipinski definition) is 4. The highest BCUT2D eigenvalue weighted by atomic mass is 16.5. The molecule has 98 valence electrons. The maximum atomic E-state index is 5.74. The van der Waals surface area contributed by atoms with Crippen LogP contribution in [-0.2, 0) is 0 Å². The highest BCUT2D eigenvalue weighted by Crippen LogP contribution is 2.28. The molecule has 1 N–H and O–H groups in total. The molecule has 0 saturated heterocycles. The van der Waals surface area contributed by atoms with Crippen LogP contribution in [0.1, 0.15) is 18.7 Å². The molecule has 4 heteroatoms. The average molecular weight is 255 g/mol. The van der Waals surface area contributed by atoms with Gasteiger partial charge < -0.3 is 10.1 Å². The monoisotopic (exact) mass is 255 g/mol. The third-order valence-electron chi connectivity index (χ3n) is 3.07. The number of nitrogens with one attached hydrogen (secondary N) is 1. The van der Waals surface area contributed by atoms with Crippen LogP contribution in [0.3, 0.4) is 0 Å². The van der Waals surface area contributed by atoms with Gasteiger partial charge in [-0.2, -0.15) is 0 Å². The number of aromatic nitrogens is 2. The quantitative estimate of drug-likeness (QED) is 0.912. The Balaban J connectivity index is 1.86. The largest absolute Gasteiger partial charge is 0.490 e. The van der Waals surface area contributed by atoms with Crippen LogP contribution < -0.4 is 10.1 Å². The van der Waals surface area contributed by atoms with E-state index in [0.29, 0.717) is 6.10 Å². The smallest absolute Gasteiger partial charge is 0.130 e. The van der Waals surface area contributed by atoms with Gasteiger partial charge in [0.2, 0.25) is 0 Å². The summed E-state index contributed by atoms with van der Waals surface area (Å²) >= 11 is 0. The average Bonchev–Trinajstić information content (AvgIpc) is 3.23. The van der Waals surface area contributed by atoms with Crippen molar-refractivity contribution in [1.82, 2.24) is 9.97 Å². The fourth-order valence-electron chi connectivity index (χ4n) is 1.93. The Morgan fingerprint density at radius 1 is 1.16 bits per heavy atom. The molecule has 19 heavy (non-hydrogen) atoms. The molecule has 1 heterocycles. The summed E-state index contributed by atoms with van der Waals surface area (Å²) in [6.45, 7) is 1.90. The predicted octanol–water partition coefficient (Wildman–Crippen LogP) is 3.03. The van der Waals surface area contributed by atoms with Gasteiger partial charge in [0.25, 0.3) is 0 Å². The normalized spacial score (nSPS) is 14.2. The van der Waals surface area contributed by atoms with Crippen molar-refractivity contribution >= 4 is 5.82 Å². The Bertz CT molecular complexity index is 576. The van der Waals surface area contributed by atoms with Gasteiger partial charge in [0.05, 0.1) is 11.8 Å². The van der Waals surface area contributed by atoms with Crippen LogP contribution in [0.2, 0.25) is 0 Å². The first-order valence-electron chi connectivity index (χ1n) is 6.55. The van der Waals surface area contributed by atoms with Gasteiger partial charge in [-0.25, -0.2) is 9.97 Å². The van der Waals surface area contributed by atoms with Gasteiger partial charge in [-0.1, -0.05) is 0 Å². The van der Waals surface area contributed by atoms with Crippen molar-refractivity contribution in [1.29, 1.82) is 0 Å². The van der Waals surface area contributed by atoms with Gasteiger partial charge >= 0.3 is 0 Å². The number of nitrogens with zero attached hydrogens (tertiary/aromatic N) is 2. The third-order valence-corrected chi connectivity index (χ3v) is 3.07. The second-order valence-corrected chi connectivity index (χ2v) is 4.78. The minimum absolute atomic E-state index is 0.433. The van der Waals surface area contributed by atoms with Crippen LogP contribution in [0.5, 0.6) is 5.75 Å². The molecular weight excluding hydrogens is 238 g/mol. The number of anilines is 1. The van der Waals surface area contributed by atoms with E-state index in [-0.39, 0.29) is 0 Å². The molecule has 3 rings (SSSR count). The molecule has 1 aliphatic rings. The zero-order chi connectivity index (χ0) is 13.2. The summed E-state index contributed by atoms with van der Waals surface area (Å²) in [6.07, 6.45) is 2.79. The lowest BCUT2D eigenvalue weighted by molar-refractivity contribution is 0.303. The van der Waals surface area contributed by atoms with E-state index in [0.717, 1.165) is 28.6 Å². The molecule has 1 aromatic heterocycles. The number of aryl methyl sites for hydroxylation is 1. The molecule has 0 aliphatic heterocycles. The highest BCUT2D eigenvalue weighted by Gasteiger charge is 2.23. The Hall–Kier alpha value is -2.10. The van der Waals surface area contributed by atoms with E-state index in [1.54, 1.807) is 0 Å². The molecule has 0 spiro atoms. The standard InChI is InChI=1S/C15H17N3O/c1-10-17-14(9-15(16-2)18-10)11-3-5-12(6-4-11)19-13-7-8-13/h3-6,9,13H,7-8H2,1-2H3,(H,16,17,18). The van der Waals surface area contributed by atoms with E-state index in [1.807, 2.05) is 44.3 Å². The van der Waals surface area contributed by atoms with Crippen molar-refractivity contribution in [2.75, 3.05) is 12.4 Å². The first-order chi connectivity index (χ1) is 9.24. The maximum Gasteiger partial charge on any atom is 0.130 e. The maximum absolute atomic E-state index is 5.74. The molecule has 0 radical (unpaired) electrons. The summed E-state index contributed by atoms with van der Waals surface area (Å²) in [5.41, 5.74) is 2.00. The van der Waals surface area contributed by atoms with Crippen molar-refractivity contribution in [2.24, 2.45) is 0 Å². The van der Waals surface area contributed by atoms with E-state index in [4.69, 9.17) is 4.74 Å². The lowest BCUT2D eigenvalue weighted by atomic mass is 10.1. The Morgan fingerprint density at radius 2 is 1.89 bits per heavy atom. The molecule has 1 fully saturated rings. The van der Waals surface area contributed by atoms with E-state index >= 15 is 0 Å². The summed E-state index contributed by atoms with van der Waals surface area (Å²) in [4.78, 5) is 8.76. The van der Waals surface area contributed by atoms with Crippen molar-refractivity contribution in [3.63, 3.8) is 0 Å². The summed E-state index contributed by atoms with van der Waals surface area (Å²) < 4.78 is 5.74. The minimum atomic E-state index is 0.433. The second-order valence-electron chi connectivity index (χ2n) is 4.78. The van der Waals surface area contributed by atoms with Crippen molar-refractivity contribution in [2.45, 2.75) is 25.9 Å². The first-order valence-corrected chi connectivity index (χ1v) is 6.55. The van der Waals surface area contributed by atoms with E-state index in [9.17, 15) is 0 Å². The molecule has 0 amide bonds. The Labute approximate surface area is 112 Å². The van der Waals surface area contributed by atoms with E-state index in [2.05, 4.69) is 15.3 Å². The number of ether oxygens (including phenoxy) is 1. The van der Waals surface area contributed by atoms with Gasteiger partial charge in [-0.15, -0.1) is 0 Å². The van der Waals surface area contributed by atoms with Crippen LogP contribution in [0.15, 0.2) is 30.3 Å². The van der Waals surface area contributed by atoms with Crippen molar-refractivity contribution in [3.8, 4) is 17.0 Å². The predicted molar refractivity (Wildman–Crippen MR) is 75.4 cm³/mol. The highest BCUT2D eigenvalue weighted by molar-refractivity contribution is 5.63. The third kappa shape index (κ3) is 2.84. The van der Waals surface area contributed by atoms with Gasteiger partial charge in [-0.05, 0) is 44.0 Å². The zero-order valence-corrected chi connectivity index (χ0v) is 11.2. The number of rotatable bonds is 4. The molecule has 0 unspecified atom stereocenters. The zero-order valence-electron chi connectivity index (χ0n) is 11.2. The lowest BCUT2D eigenvalue weighted by Gasteiger charge is -2.07. The Morgan fingerprint density at radius 3 is 2.53 bits per heavy atom. The van der Waals surface area contributed by atoms with E-state index in [1.165, 1.54) is 12.8 Å². The molecule has 1 saturated carbocycles. The number of hydrogen-bond donors (Lipinski definition) is 1. The molecule has 1 aromatic carbocycles. The van der Waals surface area contributed by atoms with Crippen molar-refractivity contribution < 1.29 is 4.74 Å². The topological polar surface area (TPSA) is 47.0 Å². The summed E-state index contributed by atoms with van der Waals surface area (Å²) in [5.74, 6) is 2.53. The fourth-order valence-corrected chi connectivity index (χ4v) is 1.93. The molecule has 2 aromatic rings.